The first kappa shape index (κ1) is 20.5. The van der Waals surface area contributed by atoms with Gasteiger partial charge in [-0.1, -0.05) is 52.3 Å². The van der Waals surface area contributed by atoms with Gasteiger partial charge in [-0.3, -0.25) is 9.59 Å². The topological polar surface area (TPSA) is 98.7 Å². The van der Waals surface area contributed by atoms with Crippen molar-refractivity contribution in [2.24, 2.45) is 0 Å². The maximum atomic E-state index is 12.3. The number of rotatable bonds is 6. The Bertz CT molecular complexity index is 831. The molecule has 6 nitrogen and oxygen atoms in total. The summed E-state index contributed by atoms with van der Waals surface area (Å²) in [6, 6.07) is 14.7. The molecule has 3 rings (SSSR count). The molecule has 2 aromatic rings. The molecule has 0 radical (unpaired) electrons. The Morgan fingerprint density at radius 2 is 1.50 bits per heavy atom. The van der Waals surface area contributed by atoms with Crippen LogP contribution in [-0.4, -0.2) is 40.3 Å². The van der Waals surface area contributed by atoms with Crippen LogP contribution in [0, 0.1) is 0 Å². The number of carbonyl (C=O) groups is 2. The maximum Gasteiger partial charge on any atom is 0.252 e. The van der Waals surface area contributed by atoms with Crippen molar-refractivity contribution in [3.63, 3.8) is 0 Å². The van der Waals surface area contributed by atoms with Crippen molar-refractivity contribution >= 4 is 27.7 Å². The van der Waals surface area contributed by atoms with Crippen LogP contribution in [0.4, 0.5) is 0 Å². The Hall–Kier alpha value is -2.22. The monoisotopic (exact) mass is 446 g/mol. The number of hydrogen-bond acceptors (Lipinski definition) is 4. The number of carbonyl (C=O) groups excluding carboxylic acids is 2. The molecule has 0 aromatic heterocycles. The van der Waals surface area contributed by atoms with Gasteiger partial charge in [0.2, 0.25) is 0 Å². The zero-order valence-corrected chi connectivity index (χ0v) is 17.0. The SMILES string of the molecule is CC(NC(=O)C(O)C(O)C(=O)NC1Cc2ccccc2C1)c1ccc(Br)cc1. The van der Waals surface area contributed by atoms with E-state index in [2.05, 4.69) is 26.6 Å². The van der Waals surface area contributed by atoms with Crippen molar-refractivity contribution in [3.8, 4) is 0 Å². The third-order valence-corrected chi connectivity index (χ3v) is 5.49. The smallest absolute Gasteiger partial charge is 0.252 e. The zero-order valence-electron chi connectivity index (χ0n) is 15.4. The minimum absolute atomic E-state index is 0.156. The lowest BCUT2D eigenvalue weighted by Gasteiger charge is -2.22. The van der Waals surface area contributed by atoms with Crippen LogP contribution in [-0.2, 0) is 22.4 Å². The molecular formula is C21H23BrN2O4. The standard InChI is InChI=1S/C21H23BrN2O4/c1-12(13-6-8-16(22)9-7-13)23-20(27)18(25)19(26)21(28)24-17-10-14-4-2-3-5-15(14)11-17/h2-9,12,17-19,25-26H,10-11H2,1H3,(H,23,27)(H,24,28). The van der Waals surface area contributed by atoms with Crippen molar-refractivity contribution < 1.29 is 19.8 Å². The van der Waals surface area contributed by atoms with Gasteiger partial charge in [0.15, 0.2) is 12.2 Å². The largest absolute Gasteiger partial charge is 0.380 e. The van der Waals surface area contributed by atoms with Crippen molar-refractivity contribution in [3.05, 3.63) is 69.7 Å². The number of aliphatic hydroxyl groups is 2. The highest BCUT2D eigenvalue weighted by Crippen LogP contribution is 2.22. The first-order chi connectivity index (χ1) is 13.3. The molecule has 0 bridgehead atoms. The van der Waals surface area contributed by atoms with Gasteiger partial charge in [-0.05, 0) is 48.6 Å². The average molecular weight is 447 g/mol. The van der Waals surface area contributed by atoms with Crippen molar-refractivity contribution in [2.75, 3.05) is 0 Å². The van der Waals surface area contributed by atoms with Gasteiger partial charge in [0.1, 0.15) is 0 Å². The Labute approximate surface area is 172 Å². The van der Waals surface area contributed by atoms with Crippen LogP contribution in [0.1, 0.15) is 29.7 Å². The quantitative estimate of drug-likeness (QED) is 0.541. The zero-order chi connectivity index (χ0) is 20.3. The Morgan fingerprint density at radius 1 is 0.964 bits per heavy atom. The summed E-state index contributed by atoms with van der Waals surface area (Å²) in [4.78, 5) is 24.5. The Morgan fingerprint density at radius 3 is 2.07 bits per heavy atom. The number of halogens is 1. The fraction of sp³-hybridized carbons (Fsp3) is 0.333. The van der Waals surface area contributed by atoms with E-state index in [9.17, 15) is 19.8 Å². The molecule has 4 N–H and O–H groups in total. The number of hydrogen-bond donors (Lipinski definition) is 4. The molecule has 148 valence electrons. The number of benzene rings is 2. The Kier molecular flexibility index (Phi) is 6.49. The normalized spacial score (nSPS) is 16.7. The van der Waals surface area contributed by atoms with E-state index >= 15 is 0 Å². The van der Waals surface area contributed by atoms with Gasteiger partial charge < -0.3 is 20.8 Å². The van der Waals surface area contributed by atoms with E-state index in [1.165, 1.54) is 0 Å². The second-order valence-corrected chi connectivity index (χ2v) is 7.97. The highest BCUT2D eigenvalue weighted by molar-refractivity contribution is 9.10. The van der Waals surface area contributed by atoms with E-state index in [1.807, 2.05) is 48.5 Å². The third kappa shape index (κ3) is 4.79. The van der Waals surface area contributed by atoms with Gasteiger partial charge in [0.25, 0.3) is 11.8 Å². The van der Waals surface area contributed by atoms with Crippen LogP contribution in [0.15, 0.2) is 53.0 Å². The van der Waals surface area contributed by atoms with E-state index in [-0.39, 0.29) is 12.1 Å². The summed E-state index contributed by atoms with van der Waals surface area (Å²) < 4.78 is 0.913. The van der Waals surface area contributed by atoms with Crippen LogP contribution in [0.25, 0.3) is 0 Å². The predicted molar refractivity (Wildman–Crippen MR) is 108 cm³/mol. The molecule has 2 aromatic carbocycles. The lowest BCUT2D eigenvalue weighted by molar-refractivity contribution is -0.146. The minimum atomic E-state index is -1.85. The maximum absolute atomic E-state index is 12.3. The number of fused-ring (bicyclic) bond motifs is 1. The fourth-order valence-electron chi connectivity index (χ4n) is 3.37. The second-order valence-electron chi connectivity index (χ2n) is 7.05. The molecular weight excluding hydrogens is 424 g/mol. The summed E-state index contributed by atoms with van der Waals surface area (Å²) in [7, 11) is 0. The van der Waals surface area contributed by atoms with E-state index < -0.39 is 24.0 Å². The molecule has 28 heavy (non-hydrogen) atoms. The molecule has 1 aliphatic rings. The fourth-order valence-corrected chi connectivity index (χ4v) is 3.63. The average Bonchev–Trinajstić information content (AvgIpc) is 3.09. The number of nitrogens with one attached hydrogen (secondary N) is 2. The van der Waals surface area contributed by atoms with Crippen molar-refractivity contribution in [1.29, 1.82) is 0 Å². The van der Waals surface area contributed by atoms with Gasteiger partial charge in [0, 0.05) is 10.5 Å². The summed E-state index contributed by atoms with van der Waals surface area (Å²) in [5, 5.41) is 25.6. The van der Waals surface area contributed by atoms with Gasteiger partial charge in [-0.2, -0.15) is 0 Å². The van der Waals surface area contributed by atoms with E-state index in [4.69, 9.17) is 0 Å². The molecule has 0 fully saturated rings. The molecule has 0 heterocycles. The lowest BCUT2D eigenvalue weighted by atomic mass is 10.1. The summed E-state index contributed by atoms with van der Waals surface area (Å²) in [5.74, 6) is -1.55. The molecule has 3 atom stereocenters. The van der Waals surface area contributed by atoms with E-state index in [0.29, 0.717) is 12.8 Å². The molecule has 0 aliphatic heterocycles. The first-order valence-corrected chi connectivity index (χ1v) is 9.93. The lowest BCUT2D eigenvalue weighted by Crippen LogP contribution is -2.52. The number of amides is 2. The Balaban J connectivity index is 1.53. The van der Waals surface area contributed by atoms with Gasteiger partial charge in [-0.25, -0.2) is 0 Å². The van der Waals surface area contributed by atoms with Gasteiger partial charge >= 0.3 is 0 Å². The third-order valence-electron chi connectivity index (χ3n) is 4.96. The van der Waals surface area contributed by atoms with Crippen molar-refractivity contribution in [2.45, 2.75) is 44.1 Å². The van der Waals surface area contributed by atoms with Crippen LogP contribution >= 0.6 is 15.9 Å². The van der Waals surface area contributed by atoms with Crippen LogP contribution < -0.4 is 10.6 Å². The molecule has 0 saturated carbocycles. The molecule has 0 saturated heterocycles. The summed E-state index contributed by atoms with van der Waals surface area (Å²) in [6.45, 7) is 1.76. The molecule has 7 heteroatoms. The molecule has 0 spiro atoms. The molecule has 3 unspecified atom stereocenters. The van der Waals surface area contributed by atoms with Gasteiger partial charge in [-0.15, -0.1) is 0 Å². The van der Waals surface area contributed by atoms with Crippen molar-refractivity contribution in [1.82, 2.24) is 10.6 Å². The predicted octanol–water partition coefficient (Wildman–Crippen LogP) is 1.63. The summed E-state index contributed by atoms with van der Waals surface area (Å²) in [6.07, 6.45) is -2.35. The van der Waals surface area contributed by atoms with Crippen LogP contribution in [0.3, 0.4) is 0 Å². The van der Waals surface area contributed by atoms with Crippen LogP contribution in [0.2, 0.25) is 0 Å². The van der Waals surface area contributed by atoms with Crippen LogP contribution in [0.5, 0.6) is 0 Å². The highest BCUT2D eigenvalue weighted by Gasteiger charge is 2.33. The van der Waals surface area contributed by atoms with E-state index in [1.54, 1.807) is 6.92 Å². The molecule has 1 aliphatic carbocycles. The van der Waals surface area contributed by atoms with Gasteiger partial charge in [0.05, 0.1) is 6.04 Å². The second kappa shape index (κ2) is 8.86. The summed E-state index contributed by atoms with van der Waals surface area (Å²) >= 11 is 3.34. The number of aliphatic hydroxyl groups excluding tert-OH is 2. The first-order valence-electron chi connectivity index (χ1n) is 9.14. The highest BCUT2D eigenvalue weighted by atomic mass is 79.9. The van der Waals surface area contributed by atoms with E-state index in [0.717, 1.165) is 21.2 Å². The molecule has 2 amide bonds. The summed E-state index contributed by atoms with van der Waals surface area (Å²) in [5.41, 5.74) is 3.15. The minimum Gasteiger partial charge on any atom is -0.380 e.